The maximum absolute atomic E-state index is 13.7. The molecule has 0 spiro atoms. The molecule has 3 aromatic rings. The van der Waals surface area contributed by atoms with Crippen molar-refractivity contribution in [1.29, 1.82) is 5.26 Å². The molecule has 12 heteroatoms. The highest BCUT2D eigenvalue weighted by molar-refractivity contribution is 7.92. The third-order valence-corrected chi connectivity index (χ3v) is 6.74. The molecule has 0 unspecified atom stereocenters. The highest BCUT2D eigenvalue weighted by Crippen LogP contribution is 2.38. The molecule has 1 aliphatic rings. The quantitative estimate of drug-likeness (QED) is 0.549. The van der Waals surface area contributed by atoms with Crippen molar-refractivity contribution in [3.63, 3.8) is 0 Å². The standard InChI is InChI=1S/C23H21F3N6O2S/c1-15-5-6-16(14-27)13-17(15)22-18(23(24,25)26)7-8-19(29-22)31-35(33,34)21-4-2-3-20(30-21)32-11-9-28-10-12-32/h2-8,13,28H,9-12H2,1H3,(H,29,31). The molecule has 182 valence electrons. The molecule has 1 fully saturated rings. The number of alkyl halides is 3. The number of sulfonamides is 1. The van der Waals surface area contributed by atoms with E-state index in [4.69, 9.17) is 0 Å². The molecule has 3 heterocycles. The molecule has 0 saturated carbocycles. The van der Waals surface area contributed by atoms with Crippen LogP contribution in [0.3, 0.4) is 0 Å². The van der Waals surface area contributed by atoms with Crippen molar-refractivity contribution in [2.75, 3.05) is 35.8 Å². The molecule has 4 rings (SSSR count). The summed E-state index contributed by atoms with van der Waals surface area (Å²) >= 11 is 0. The number of pyridine rings is 2. The monoisotopic (exact) mass is 502 g/mol. The first kappa shape index (κ1) is 24.4. The lowest BCUT2D eigenvalue weighted by atomic mass is 9.98. The predicted molar refractivity (Wildman–Crippen MR) is 124 cm³/mol. The number of aryl methyl sites for hydroxylation is 1. The Morgan fingerprint density at radius 3 is 2.51 bits per heavy atom. The number of nitriles is 1. The second kappa shape index (κ2) is 9.52. The summed E-state index contributed by atoms with van der Waals surface area (Å²) in [5, 5.41) is 12.1. The van der Waals surface area contributed by atoms with Crippen molar-refractivity contribution in [3.05, 3.63) is 65.2 Å². The summed E-state index contributed by atoms with van der Waals surface area (Å²) in [4.78, 5) is 10.2. The number of anilines is 2. The minimum atomic E-state index is -4.74. The molecule has 2 aromatic heterocycles. The first-order valence-electron chi connectivity index (χ1n) is 10.6. The van der Waals surface area contributed by atoms with Crippen molar-refractivity contribution in [1.82, 2.24) is 15.3 Å². The van der Waals surface area contributed by atoms with Crippen LogP contribution >= 0.6 is 0 Å². The molecule has 1 aromatic carbocycles. The minimum Gasteiger partial charge on any atom is -0.354 e. The second-order valence-corrected chi connectivity index (χ2v) is 9.54. The van der Waals surface area contributed by atoms with Crippen molar-refractivity contribution < 1.29 is 21.6 Å². The van der Waals surface area contributed by atoms with Gasteiger partial charge >= 0.3 is 6.18 Å². The zero-order valence-corrected chi connectivity index (χ0v) is 19.4. The van der Waals surface area contributed by atoms with Crippen LogP contribution < -0.4 is 14.9 Å². The molecule has 1 saturated heterocycles. The molecular weight excluding hydrogens is 481 g/mol. The summed E-state index contributed by atoms with van der Waals surface area (Å²) in [7, 11) is -4.24. The maximum Gasteiger partial charge on any atom is 0.418 e. The summed E-state index contributed by atoms with van der Waals surface area (Å²) in [6.45, 7) is 4.38. The lowest BCUT2D eigenvalue weighted by Crippen LogP contribution is -2.44. The number of rotatable bonds is 5. The molecule has 0 bridgehead atoms. The topological polar surface area (TPSA) is 111 Å². The molecule has 0 amide bonds. The zero-order valence-electron chi connectivity index (χ0n) is 18.6. The Bertz CT molecular complexity index is 1400. The van der Waals surface area contributed by atoms with Gasteiger partial charge in [0.05, 0.1) is 22.9 Å². The van der Waals surface area contributed by atoms with Gasteiger partial charge in [-0.25, -0.2) is 9.97 Å². The van der Waals surface area contributed by atoms with Gasteiger partial charge in [-0.3, -0.25) is 4.72 Å². The van der Waals surface area contributed by atoms with E-state index in [0.717, 1.165) is 25.2 Å². The van der Waals surface area contributed by atoms with Gasteiger partial charge in [-0.2, -0.15) is 26.9 Å². The smallest absolute Gasteiger partial charge is 0.354 e. The van der Waals surface area contributed by atoms with E-state index < -0.39 is 27.5 Å². The third-order valence-electron chi connectivity index (χ3n) is 5.49. The van der Waals surface area contributed by atoms with E-state index >= 15 is 0 Å². The van der Waals surface area contributed by atoms with Crippen LogP contribution in [0.15, 0.2) is 53.6 Å². The minimum absolute atomic E-state index is 0.0799. The molecular formula is C23H21F3N6O2S. The van der Waals surface area contributed by atoms with Crippen molar-refractivity contribution in [3.8, 4) is 17.3 Å². The van der Waals surface area contributed by atoms with Crippen molar-refractivity contribution in [2.45, 2.75) is 18.1 Å². The van der Waals surface area contributed by atoms with Gasteiger partial charge in [0.2, 0.25) is 0 Å². The normalized spacial score (nSPS) is 14.4. The molecule has 1 aliphatic heterocycles. The van der Waals surface area contributed by atoms with Crippen LogP contribution in [0.25, 0.3) is 11.3 Å². The summed E-state index contributed by atoms with van der Waals surface area (Å²) in [5.41, 5.74) is -0.837. The fraction of sp³-hybridized carbons (Fsp3) is 0.261. The number of halogens is 3. The van der Waals surface area contributed by atoms with Crippen LogP contribution in [0.4, 0.5) is 24.8 Å². The van der Waals surface area contributed by atoms with E-state index in [1.54, 1.807) is 19.1 Å². The lowest BCUT2D eigenvalue weighted by Gasteiger charge is -2.28. The summed E-state index contributed by atoms with van der Waals surface area (Å²) in [6, 6.07) is 12.5. The van der Waals surface area contributed by atoms with Gasteiger partial charge in [0.25, 0.3) is 10.0 Å². The summed E-state index contributed by atoms with van der Waals surface area (Å²) in [5.74, 6) is 0.184. The van der Waals surface area contributed by atoms with E-state index in [1.165, 1.54) is 24.3 Å². The first-order valence-corrected chi connectivity index (χ1v) is 12.1. The molecule has 35 heavy (non-hydrogen) atoms. The number of benzene rings is 1. The van der Waals surface area contributed by atoms with Crippen LogP contribution in [0, 0.1) is 18.3 Å². The van der Waals surface area contributed by atoms with Gasteiger partial charge in [0.15, 0.2) is 5.03 Å². The number of aromatic nitrogens is 2. The highest BCUT2D eigenvalue weighted by atomic mass is 32.2. The Morgan fingerprint density at radius 2 is 1.83 bits per heavy atom. The van der Waals surface area contributed by atoms with Gasteiger partial charge in [-0.1, -0.05) is 12.1 Å². The Morgan fingerprint density at radius 1 is 1.09 bits per heavy atom. The lowest BCUT2D eigenvalue weighted by molar-refractivity contribution is -0.137. The average molecular weight is 503 g/mol. The highest BCUT2D eigenvalue weighted by Gasteiger charge is 2.35. The molecule has 0 radical (unpaired) electrons. The Balaban J connectivity index is 1.72. The predicted octanol–water partition coefficient (Wildman–Crippen LogP) is 3.55. The number of hydrogen-bond acceptors (Lipinski definition) is 7. The summed E-state index contributed by atoms with van der Waals surface area (Å²) in [6.07, 6.45) is -4.74. The van der Waals surface area contributed by atoms with Gasteiger partial charge < -0.3 is 10.2 Å². The summed E-state index contributed by atoms with van der Waals surface area (Å²) < 4.78 is 69.5. The van der Waals surface area contributed by atoms with Gasteiger partial charge in [-0.05, 0) is 48.9 Å². The zero-order chi connectivity index (χ0) is 25.2. The molecule has 0 aliphatic carbocycles. The van der Waals surface area contributed by atoms with Crippen LogP contribution in [-0.2, 0) is 16.2 Å². The van der Waals surface area contributed by atoms with Crippen LogP contribution in [0.2, 0.25) is 0 Å². The second-order valence-electron chi connectivity index (χ2n) is 7.91. The Kier molecular flexibility index (Phi) is 6.64. The van der Waals surface area contributed by atoms with E-state index in [0.29, 0.717) is 24.5 Å². The van der Waals surface area contributed by atoms with Crippen LogP contribution in [0.1, 0.15) is 16.7 Å². The van der Waals surface area contributed by atoms with Crippen LogP contribution in [0.5, 0.6) is 0 Å². The molecule has 0 atom stereocenters. The fourth-order valence-corrected chi connectivity index (χ4v) is 4.68. The molecule has 8 nitrogen and oxygen atoms in total. The van der Waals surface area contributed by atoms with E-state index in [2.05, 4.69) is 20.0 Å². The van der Waals surface area contributed by atoms with Crippen LogP contribution in [-0.4, -0.2) is 44.6 Å². The number of nitrogens with zero attached hydrogens (tertiary/aromatic N) is 4. The number of hydrogen-bond donors (Lipinski definition) is 2. The van der Waals surface area contributed by atoms with E-state index in [1.807, 2.05) is 11.0 Å². The van der Waals surface area contributed by atoms with Crippen molar-refractivity contribution >= 4 is 21.7 Å². The third kappa shape index (κ3) is 5.36. The SMILES string of the molecule is Cc1ccc(C#N)cc1-c1nc(NS(=O)(=O)c2cccc(N3CCNCC3)n2)ccc1C(F)(F)F. The Labute approximate surface area is 200 Å². The largest absolute Gasteiger partial charge is 0.418 e. The van der Waals surface area contributed by atoms with Crippen molar-refractivity contribution in [2.24, 2.45) is 0 Å². The van der Waals surface area contributed by atoms with E-state index in [-0.39, 0.29) is 22.0 Å². The maximum atomic E-state index is 13.7. The Hall–Kier alpha value is -3.69. The number of nitrogens with one attached hydrogen (secondary N) is 2. The fourth-order valence-electron chi connectivity index (χ4n) is 3.71. The first-order chi connectivity index (χ1) is 16.6. The average Bonchev–Trinajstić information content (AvgIpc) is 2.84. The number of piperazine rings is 1. The van der Waals surface area contributed by atoms with Gasteiger partial charge in [0, 0.05) is 31.7 Å². The molecule has 2 N–H and O–H groups in total. The van der Waals surface area contributed by atoms with E-state index in [9.17, 15) is 26.9 Å². The van der Waals surface area contributed by atoms with Gasteiger partial charge in [0.1, 0.15) is 11.6 Å². The van der Waals surface area contributed by atoms with Gasteiger partial charge in [-0.15, -0.1) is 0 Å².